The second-order valence-corrected chi connectivity index (χ2v) is 6.36. The number of amides is 1. The van der Waals surface area contributed by atoms with Crippen LogP contribution >= 0.6 is 24.8 Å². The first kappa shape index (κ1) is 25.7. The quantitative estimate of drug-likeness (QED) is 0.648. The zero-order valence-corrected chi connectivity index (χ0v) is 16.7. The van der Waals surface area contributed by atoms with E-state index in [9.17, 15) is 18.0 Å². The molecule has 0 aromatic heterocycles. The monoisotopic (exact) mass is 423 g/mol. The van der Waals surface area contributed by atoms with E-state index in [2.05, 4.69) is 22.5 Å². The topological polar surface area (TPSA) is 50.9 Å². The van der Waals surface area contributed by atoms with Gasteiger partial charge in [-0.25, -0.2) is 0 Å². The van der Waals surface area contributed by atoms with Crippen molar-refractivity contribution in [1.82, 2.24) is 25.3 Å². The van der Waals surface area contributed by atoms with Crippen LogP contribution in [0, 0.1) is 0 Å². The fourth-order valence-electron chi connectivity index (χ4n) is 3.18. The summed E-state index contributed by atoms with van der Waals surface area (Å²) in [6.45, 7) is 8.01. The Kier molecular flexibility index (Phi) is 12.0. The largest absolute Gasteiger partial charge is 0.405 e. The molecule has 0 aromatic rings. The molecular weight excluding hydrogens is 394 g/mol. The highest BCUT2D eigenvalue weighted by Gasteiger charge is 2.43. The van der Waals surface area contributed by atoms with Gasteiger partial charge in [-0.15, -0.1) is 24.8 Å². The predicted molar refractivity (Wildman–Crippen MR) is 100 cm³/mol. The smallest absolute Gasteiger partial charge is 0.353 e. The Hall–Kier alpha value is -0.320. The predicted octanol–water partition coefficient (Wildman–Crippen LogP) is 0.420. The Labute approximate surface area is 165 Å². The number of rotatable bonds is 6. The molecule has 2 rings (SSSR count). The van der Waals surface area contributed by atoms with Crippen molar-refractivity contribution in [1.29, 1.82) is 0 Å². The molecule has 0 spiro atoms. The third-order valence-electron chi connectivity index (χ3n) is 4.74. The van der Waals surface area contributed by atoms with Gasteiger partial charge in [0.05, 0.1) is 6.54 Å². The number of likely N-dealkylation sites (N-methyl/N-ethyl adjacent to an activating group) is 1. The highest BCUT2D eigenvalue weighted by molar-refractivity contribution is 5.85. The van der Waals surface area contributed by atoms with Crippen molar-refractivity contribution in [2.24, 2.45) is 0 Å². The third kappa shape index (κ3) is 8.14. The van der Waals surface area contributed by atoms with Crippen LogP contribution in [-0.4, -0.2) is 105 Å². The lowest BCUT2D eigenvalue weighted by molar-refractivity contribution is -0.184. The molecule has 1 amide bonds. The normalized spacial score (nSPS) is 21.4. The zero-order valence-electron chi connectivity index (χ0n) is 15.1. The molecule has 2 saturated heterocycles. The van der Waals surface area contributed by atoms with Crippen molar-refractivity contribution in [3.8, 4) is 0 Å². The van der Waals surface area contributed by atoms with Gasteiger partial charge in [-0.1, -0.05) is 6.92 Å². The summed E-state index contributed by atoms with van der Waals surface area (Å²) in [7, 11) is 0. The summed E-state index contributed by atoms with van der Waals surface area (Å²) >= 11 is 0. The summed E-state index contributed by atoms with van der Waals surface area (Å²) in [4.78, 5) is 17.7. The first-order chi connectivity index (χ1) is 11.4. The van der Waals surface area contributed by atoms with E-state index in [1.165, 1.54) is 4.90 Å². The van der Waals surface area contributed by atoms with E-state index in [0.717, 1.165) is 32.7 Å². The van der Waals surface area contributed by atoms with E-state index in [0.29, 0.717) is 26.2 Å². The van der Waals surface area contributed by atoms with Crippen LogP contribution in [-0.2, 0) is 4.79 Å². The number of halogens is 5. The van der Waals surface area contributed by atoms with Gasteiger partial charge in [0, 0.05) is 58.9 Å². The van der Waals surface area contributed by atoms with Crippen LogP contribution in [0.15, 0.2) is 0 Å². The first-order valence-electron chi connectivity index (χ1n) is 8.63. The summed E-state index contributed by atoms with van der Waals surface area (Å²) in [6.07, 6.45) is -4.34. The molecule has 2 N–H and O–H groups in total. The summed E-state index contributed by atoms with van der Waals surface area (Å²) in [5.41, 5.74) is 0. The van der Waals surface area contributed by atoms with Crippen LogP contribution in [0.4, 0.5) is 13.2 Å². The molecule has 0 bridgehead atoms. The molecule has 2 fully saturated rings. The Bertz CT molecular complexity index is 403. The van der Waals surface area contributed by atoms with Gasteiger partial charge < -0.3 is 15.5 Å². The second-order valence-electron chi connectivity index (χ2n) is 6.36. The summed E-state index contributed by atoms with van der Waals surface area (Å²) in [5, 5.41) is 5.52. The molecule has 11 heteroatoms. The van der Waals surface area contributed by atoms with Crippen molar-refractivity contribution in [2.75, 3.05) is 72.0 Å². The molecular formula is C15H30Cl2F3N5O. The van der Waals surface area contributed by atoms with Gasteiger partial charge in [-0.2, -0.15) is 13.2 Å². The van der Waals surface area contributed by atoms with Gasteiger partial charge in [0.15, 0.2) is 0 Å². The van der Waals surface area contributed by atoms with E-state index in [1.54, 1.807) is 0 Å². The van der Waals surface area contributed by atoms with E-state index >= 15 is 0 Å². The average molecular weight is 424 g/mol. The lowest BCUT2D eigenvalue weighted by Gasteiger charge is -2.36. The standard InChI is InChI=1S/C15H28F3N5O.2ClH/c1-2-21-7-9-22(10-8-21)12-14(24)20-11-13(15(16,17)18)23-5-3-19-4-6-23;;/h13,19H,2-12H2,1H3,(H,20,24);2*1H. The Morgan fingerprint density at radius 2 is 1.58 bits per heavy atom. The van der Waals surface area contributed by atoms with Gasteiger partial charge in [0.2, 0.25) is 5.91 Å². The molecule has 0 aromatic carbocycles. The molecule has 156 valence electrons. The van der Waals surface area contributed by atoms with Gasteiger partial charge >= 0.3 is 6.18 Å². The maximum atomic E-state index is 13.3. The number of nitrogens with one attached hydrogen (secondary N) is 2. The van der Waals surface area contributed by atoms with Crippen molar-refractivity contribution in [3.63, 3.8) is 0 Å². The number of piperazine rings is 2. The highest BCUT2D eigenvalue weighted by atomic mass is 35.5. The van der Waals surface area contributed by atoms with E-state index in [-0.39, 0.29) is 43.8 Å². The molecule has 2 aliphatic rings. The molecule has 1 unspecified atom stereocenters. The zero-order chi connectivity index (χ0) is 17.6. The lowest BCUT2D eigenvalue weighted by atomic mass is 10.2. The number of carbonyl (C=O) groups excluding carboxylic acids is 1. The fraction of sp³-hybridized carbons (Fsp3) is 0.933. The molecule has 6 nitrogen and oxygen atoms in total. The van der Waals surface area contributed by atoms with Gasteiger partial charge in [0.25, 0.3) is 0 Å². The Morgan fingerprint density at radius 3 is 2.08 bits per heavy atom. The minimum atomic E-state index is -4.34. The van der Waals surface area contributed by atoms with E-state index in [1.807, 2.05) is 4.90 Å². The van der Waals surface area contributed by atoms with Crippen LogP contribution in [0.25, 0.3) is 0 Å². The van der Waals surface area contributed by atoms with Crippen molar-refractivity contribution < 1.29 is 18.0 Å². The molecule has 2 heterocycles. The first-order valence-corrected chi connectivity index (χ1v) is 8.63. The SMILES string of the molecule is CCN1CCN(CC(=O)NCC(N2CCNCC2)C(F)(F)F)CC1.Cl.Cl. The fourth-order valence-corrected chi connectivity index (χ4v) is 3.18. The lowest BCUT2D eigenvalue weighted by Crippen LogP contribution is -2.58. The van der Waals surface area contributed by atoms with Crippen molar-refractivity contribution in [2.45, 2.75) is 19.1 Å². The number of hydrogen-bond donors (Lipinski definition) is 2. The van der Waals surface area contributed by atoms with Crippen molar-refractivity contribution in [3.05, 3.63) is 0 Å². The van der Waals surface area contributed by atoms with Gasteiger partial charge in [-0.3, -0.25) is 14.6 Å². The van der Waals surface area contributed by atoms with Crippen LogP contribution in [0.2, 0.25) is 0 Å². The summed E-state index contributed by atoms with van der Waals surface area (Å²) < 4.78 is 39.8. The van der Waals surface area contributed by atoms with Crippen LogP contribution in [0.5, 0.6) is 0 Å². The maximum Gasteiger partial charge on any atom is 0.405 e. The number of carbonyl (C=O) groups is 1. The van der Waals surface area contributed by atoms with E-state index < -0.39 is 12.2 Å². The third-order valence-corrected chi connectivity index (χ3v) is 4.74. The molecule has 1 atom stereocenters. The number of hydrogen-bond acceptors (Lipinski definition) is 5. The second kappa shape index (κ2) is 12.2. The minimum absolute atomic E-state index is 0. The van der Waals surface area contributed by atoms with Crippen molar-refractivity contribution >= 4 is 30.7 Å². The Balaban J connectivity index is 0.00000312. The van der Waals surface area contributed by atoms with Crippen LogP contribution < -0.4 is 10.6 Å². The summed E-state index contributed by atoms with van der Waals surface area (Å²) in [5.74, 6) is -0.329. The van der Waals surface area contributed by atoms with Gasteiger partial charge in [-0.05, 0) is 6.54 Å². The molecule has 0 radical (unpaired) electrons. The maximum absolute atomic E-state index is 13.3. The summed E-state index contributed by atoms with van der Waals surface area (Å²) in [6, 6.07) is -1.61. The molecule has 0 aliphatic carbocycles. The number of alkyl halides is 3. The minimum Gasteiger partial charge on any atom is -0.353 e. The number of nitrogens with zero attached hydrogens (tertiary/aromatic N) is 3. The van der Waals surface area contributed by atoms with Crippen LogP contribution in [0.3, 0.4) is 0 Å². The Morgan fingerprint density at radius 1 is 1.04 bits per heavy atom. The highest BCUT2D eigenvalue weighted by Crippen LogP contribution is 2.24. The van der Waals surface area contributed by atoms with E-state index in [4.69, 9.17) is 0 Å². The molecule has 0 saturated carbocycles. The van der Waals surface area contributed by atoms with Crippen LogP contribution in [0.1, 0.15) is 6.92 Å². The molecule has 26 heavy (non-hydrogen) atoms. The average Bonchev–Trinajstić information content (AvgIpc) is 2.55. The molecule has 2 aliphatic heterocycles. The van der Waals surface area contributed by atoms with Gasteiger partial charge in [0.1, 0.15) is 6.04 Å².